The summed E-state index contributed by atoms with van der Waals surface area (Å²) >= 11 is 0. The van der Waals surface area contributed by atoms with Crippen LogP contribution in [-0.2, 0) is 0 Å². The van der Waals surface area contributed by atoms with Gasteiger partial charge in [-0.15, -0.1) is 24.8 Å². The fourth-order valence-electron chi connectivity index (χ4n) is 0.426. The summed E-state index contributed by atoms with van der Waals surface area (Å²) in [5.74, 6) is 0.568. The Morgan fingerprint density at radius 2 is 2.00 bits per heavy atom. The largest absolute Gasteiger partial charge is 0.386 e. The van der Waals surface area contributed by atoms with Gasteiger partial charge >= 0.3 is 0 Å². The third-order valence-corrected chi connectivity index (χ3v) is 0.882. The van der Waals surface area contributed by atoms with Gasteiger partial charge in [-0.3, -0.25) is 0 Å². The van der Waals surface area contributed by atoms with Crippen LogP contribution in [0.15, 0.2) is 12.4 Å². The van der Waals surface area contributed by atoms with Gasteiger partial charge in [-0.25, -0.2) is 0 Å². The molecule has 64 valence electrons. The zero-order valence-electron chi connectivity index (χ0n) is 6.22. The van der Waals surface area contributed by atoms with Gasteiger partial charge in [-0.05, 0) is 6.42 Å². The lowest BCUT2D eigenvalue weighted by atomic mass is 10.3. The summed E-state index contributed by atoms with van der Waals surface area (Å²) in [6, 6.07) is 0. The van der Waals surface area contributed by atoms with E-state index in [9.17, 15) is 0 Å². The van der Waals surface area contributed by atoms with Gasteiger partial charge in [-0.2, -0.15) is 0 Å². The summed E-state index contributed by atoms with van der Waals surface area (Å²) in [7, 11) is 0. The lowest BCUT2D eigenvalue weighted by Crippen LogP contribution is -2.19. The molecule has 0 saturated heterocycles. The first-order valence-electron chi connectivity index (χ1n) is 2.95. The lowest BCUT2D eigenvalue weighted by molar-refractivity contribution is 0.707. The molecule has 0 atom stereocenters. The molecule has 0 unspecified atom stereocenters. The van der Waals surface area contributed by atoms with E-state index in [4.69, 9.17) is 5.73 Å². The number of rotatable bonds is 4. The van der Waals surface area contributed by atoms with Crippen LogP contribution in [0, 0.1) is 0 Å². The second kappa shape index (κ2) is 11.7. The number of nitrogens with one attached hydrogen (secondary N) is 1. The monoisotopic (exact) mass is 186 g/mol. The Labute approximate surface area is 75.1 Å². The molecule has 0 spiro atoms. The molecule has 3 N–H and O–H groups in total. The Kier molecular flexibility index (Phi) is 19.3. The van der Waals surface area contributed by atoms with Crippen LogP contribution in [0.3, 0.4) is 0 Å². The molecular formula is C6H16Cl2N2. The van der Waals surface area contributed by atoms with Crippen LogP contribution in [-0.4, -0.2) is 6.54 Å². The average molecular weight is 187 g/mol. The first-order chi connectivity index (χ1) is 3.77. The van der Waals surface area contributed by atoms with Crippen LogP contribution in [0.1, 0.15) is 19.8 Å². The lowest BCUT2D eigenvalue weighted by Gasteiger charge is -2.00. The summed E-state index contributed by atoms with van der Waals surface area (Å²) in [4.78, 5) is 0. The van der Waals surface area contributed by atoms with Gasteiger partial charge in [0.05, 0.1) is 5.82 Å². The SMILES string of the molecule is C=C(N)NCCCC.Cl.Cl. The third kappa shape index (κ3) is 15.7. The van der Waals surface area contributed by atoms with Crippen LogP contribution in [0.5, 0.6) is 0 Å². The van der Waals surface area contributed by atoms with E-state index in [-0.39, 0.29) is 24.8 Å². The molecular weight excluding hydrogens is 171 g/mol. The fraction of sp³-hybridized carbons (Fsp3) is 0.667. The van der Waals surface area contributed by atoms with Gasteiger partial charge in [0, 0.05) is 6.54 Å². The molecule has 0 rings (SSSR count). The smallest absolute Gasteiger partial charge is 0.0885 e. The first-order valence-corrected chi connectivity index (χ1v) is 2.95. The Morgan fingerprint density at radius 1 is 1.50 bits per heavy atom. The predicted molar refractivity (Wildman–Crippen MR) is 50.7 cm³/mol. The van der Waals surface area contributed by atoms with E-state index in [2.05, 4.69) is 18.8 Å². The summed E-state index contributed by atoms with van der Waals surface area (Å²) in [6.07, 6.45) is 2.36. The summed E-state index contributed by atoms with van der Waals surface area (Å²) in [5.41, 5.74) is 5.23. The predicted octanol–water partition coefficient (Wildman–Crippen LogP) is 1.65. The highest BCUT2D eigenvalue weighted by molar-refractivity contribution is 5.85. The van der Waals surface area contributed by atoms with E-state index >= 15 is 0 Å². The van der Waals surface area contributed by atoms with Crippen LogP contribution in [0.4, 0.5) is 0 Å². The van der Waals surface area contributed by atoms with Crippen molar-refractivity contribution in [3.63, 3.8) is 0 Å². The highest BCUT2D eigenvalue weighted by Gasteiger charge is 1.81. The van der Waals surface area contributed by atoms with Crippen molar-refractivity contribution in [3.05, 3.63) is 12.4 Å². The average Bonchev–Trinajstić information content (AvgIpc) is 1.66. The van der Waals surface area contributed by atoms with Crippen LogP contribution < -0.4 is 11.1 Å². The summed E-state index contributed by atoms with van der Waals surface area (Å²) in [5, 5.41) is 2.93. The van der Waals surface area contributed by atoms with Crippen molar-refractivity contribution in [1.82, 2.24) is 5.32 Å². The quantitative estimate of drug-likeness (QED) is 0.656. The van der Waals surface area contributed by atoms with E-state index < -0.39 is 0 Å². The Morgan fingerprint density at radius 3 is 2.30 bits per heavy atom. The number of nitrogens with two attached hydrogens (primary N) is 1. The van der Waals surface area contributed by atoms with Crippen molar-refractivity contribution in [3.8, 4) is 0 Å². The molecule has 2 nitrogen and oxygen atoms in total. The third-order valence-electron chi connectivity index (χ3n) is 0.882. The van der Waals surface area contributed by atoms with Gasteiger partial charge < -0.3 is 11.1 Å². The van der Waals surface area contributed by atoms with E-state index in [1.54, 1.807) is 0 Å². The maximum Gasteiger partial charge on any atom is 0.0885 e. The van der Waals surface area contributed by atoms with Gasteiger partial charge in [0.15, 0.2) is 0 Å². The zero-order chi connectivity index (χ0) is 6.41. The van der Waals surface area contributed by atoms with Crippen molar-refractivity contribution in [2.45, 2.75) is 19.8 Å². The minimum Gasteiger partial charge on any atom is -0.386 e. The number of hydrogen-bond acceptors (Lipinski definition) is 2. The van der Waals surface area contributed by atoms with Gasteiger partial charge in [-0.1, -0.05) is 19.9 Å². The van der Waals surface area contributed by atoms with E-state index in [0.29, 0.717) is 5.82 Å². The maximum absolute atomic E-state index is 5.23. The molecule has 0 aromatic rings. The van der Waals surface area contributed by atoms with Gasteiger partial charge in [0.1, 0.15) is 0 Å². The second-order valence-electron chi connectivity index (χ2n) is 1.81. The van der Waals surface area contributed by atoms with Crippen molar-refractivity contribution in [2.75, 3.05) is 6.54 Å². The molecule has 4 heteroatoms. The topological polar surface area (TPSA) is 38.0 Å². The highest BCUT2D eigenvalue weighted by Crippen LogP contribution is 1.82. The molecule has 0 amide bonds. The molecule has 0 saturated carbocycles. The van der Waals surface area contributed by atoms with Crippen LogP contribution >= 0.6 is 24.8 Å². The molecule has 0 aliphatic rings. The van der Waals surface area contributed by atoms with Crippen LogP contribution in [0.2, 0.25) is 0 Å². The van der Waals surface area contributed by atoms with Crippen LogP contribution in [0.25, 0.3) is 0 Å². The molecule has 0 aromatic carbocycles. The minimum absolute atomic E-state index is 0. The van der Waals surface area contributed by atoms with Crippen molar-refractivity contribution in [1.29, 1.82) is 0 Å². The van der Waals surface area contributed by atoms with Crippen molar-refractivity contribution < 1.29 is 0 Å². The molecule has 0 fully saturated rings. The normalized spacial score (nSPS) is 6.90. The standard InChI is InChI=1S/C6H14N2.2ClH/c1-3-4-5-8-6(2)7;;/h8H,2-5,7H2,1H3;2*1H. The Bertz CT molecular complexity index is 76.1. The number of halogens is 2. The van der Waals surface area contributed by atoms with E-state index in [0.717, 1.165) is 13.0 Å². The number of hydrogen-bond donors (Lipinski definition) is 2. The Balaban J connectivity index is -0.000000245. The molecule has 0 bridgehead atoms. The second-order valence-corrected chi connectivity index (χ2v) is 1.81. The van der Waals surface area contributed by atoms with Gasteiger partial charge in [0.2, 0.25) is 0 Å². The molecule has 0 radical (unpaired) electrons. The van der Waals surface area contributed by atoms with Crippen molar-refractivity contribution >= 4 is 24.8 Å². The van der Waals surface area contributed by atoms with Crippen molar-refractivity contribution in [2.24, 2.45) is 5.73 Å². The van der Waals surface area contributed by atoms with E-state index in [1.807, 2.05) is 0 Å². The molecule has 0 aliphatic carbocycles. The fourth-order valence-corrected chi connectivity index (χ4v) is 0.426. The molecule has 0 aliphatic heterocycles. The molecule has 10 heavy (non-hydrogen) atoms. The van der Waals surface area contributed by atoms with E-state index in [1.165, 1.54) is 6.42 Å². The molecule has 0 heterocycles. The zero-order valence-corrected chi connectivity index (χ0v) is 7.86. The summed E-state index contributed by atoms with van der Waals surface area (Å²) in [6.45, 7) is 6.58. The first kappa shape index (κ1) is 16.5. The highest BCUT2D eigenvalue weighted by atomic mass is 35.5. The minimum atomic E-state index is 0. The molecule has 0 aromatic heterocycles. The maximum atomic E-state index is 5.23. The Hall–Kier alpha value is -0.0800. The van der Waals surface area contributed by atoms with Gasteiger partial charge in [0.25, 0.3) is 0 Å². The summed E-state index contributed by atoms with van der Waals surface area (Å²) < 4.78 is 0. The number of unbranched alkanes of at least 4 members (excludes halogenated alkanes) is 1.